The van der Waals surface area contributed by atoms with Gasteiger partial charge in [-0.2, -0.15) is 0 Å². The Morgan fingerprint density at radius 3 is 2.89 bits per heavy atom. The quantitative estimate of drug-likeness (QED) is 0.787. The van der Waals surface area contributed by atoms with Crippen LogP contribution in [0.2, 0.25) is 0 Å². The third-order valence-corrected chi connectivity index (χ3v) is 2.98. The van der Waals surface area contributed by atoms with E-state index in [4.69, 9.17) is 5.73 Å². The van der Waals surface area contributed by atoms with Crippen LogP contribution >= 0.6 is 0 Å². The summed E-state index contributed by atoms with van der Waals surface area (Å²) in [6.45, 7) is 2.99. The number of pyridine rings is 1. The molecule has 96 valence electrons. The van der Waals surface area contributed by atoms with E-state index < -0.39 is 6.03 Å². The van der Waals surface area contributed by atoms with Crippen LogP contribution in [0, 0.1) is 6.92 Å². The van der Waals surface area contributed by atoms with Crippen molar-refractivity contribution in [2.75, 3.05) is 13.1 Å². The summed E-state index contributed by atoms with van der Waals surface area (Å²) >= 11 is 0. The number of nitrogens with two attached hydrogens (primary N) is 1. The summed E-state index contributed by atoms with van der Waals surface area (Å²) in [5.41, 5.74) is 6.50. The minimum Gasteiger partial charge on any atom is -0.352 e. The molecular weight excluding hydrogens is 232 g/mol. The smallest absolute Gasteiger partial charge is 0.312 e. The molecule has 0 aliphatic carbocycles. The molecule has 6 nitrogen and oxygen atoms in total. The molecule has 6 heteroatoms. The van der Waals surface area contributed by atoms with E-state index in [-0.39, 0.29) is 11.9 Å². The zero-order chi connectivity index (χ0) is 13.1. The Kier molecular flexibility index (Phi) is 3.45. The van der Waals surface area contributed by atoms with Crippen molar-refractivity contribution in [3.05, 3.63) is 29.6 Å². The highest BCUT2D eigenvalue weighted by Gasteiger charge is 2.27. The fourth-order valence-electron chi connectivity index (χ4n) is 2.04. The zero-order valence-electron chi connectivity index (χ0n) is 10.2. The first-order valence-electron chi connectivity index (χ1n) is 5.84. The number of nitrogens with zero attached hydrogens (tertiary/aromatic N) is 2. The molecule has 0 radical (unpaired) electrons. The highest BCUT2D eigenvalue weighted by Crippen LogP contribution is 2.13. The van der Waals surface area contributed by atoms with E-state index in [1.54, 1.807) is 17.2 Å². The Morgan fingerprint density at radius 2 is 2.28 bits per heavy atom. The fourth-order valence-corrected chi connectivity index (χ4v) is 2.04. The molecule has 3 amide bonds. The Morgan fingerprint density at radius 1 is 1.50 bits per heavy atom. The Hall–Kier alpha value is -2.11. The van der Waals surface area contributed by atoms with Crippen molar-refractivity contribution in [2.24, 2.45) is 5.73 Å². The van der Waals surface area contributed by atoms with Gasteiger partial charge in [-0.25, -0.2) is 4.79 Å². The molecule has 0 saturated carbocycles. The molecule has 1 saturated heterocycles. The van der Waals surface area contributed by atoms with Crippen molar-refractivity contribution in [3.63, 3.8) is 0 Å². The highest BCUT2D eigenvalue weighted by atomic mass is 16.2. The number of amides is 3. The van der Waals surface area contributed by atoms with Crippen LogP contribution in [-0.2, 0) is 0 Å². The van der Waals surface area contributed by atoms with Crippen LogP contribution in [0.1, 0.15) is 22.5 Å². The van der Waals surface area contributed by atoms with Crippen LogP contribution in [0.5, 0.6) is 0 Å². The number of hydrogen-bond acceptors (Lipinski definition) is 3. The molecule has 1 fully saturated rings. The molecule has 0 spiro atoms. The maximum atomic E-state index is 12.1. The van der Waals surface area contributed by atoms with Crippen LogP contribution in [-0.4, -0.2) is 41.0 Å². The summed E-state index contributed by atoms with van der Waals surface area (Å²) < 4.78 is 0. The number of nitrogens with one attached hydrogen (secondary N) is 1. The fraction of sp³-hybridized carbons (Fsp3) is 0.417. The molecule has 1 aromatic rings. The van der Waals surface area contributed by atoms with Gasteiger partial charge in [0.05, 0.1) is 5.56 Å². The third-order valence-electron chi connectivity index (χ3n) is 2.98. The lowest BCUT2D eigenvalue weighted by Crippen LogP contribution is -2.41. The van der Waals surface area contributed by atoms with Crippen molar-refractivity contribution in [1.29, 1.82) is 0 Å². The molecular formula is C12H16N4O2. The van der Waals surface area contributed by atoms with Gasteiger partial charge in [-0.15, -0.1) is 0 Å². The van der Waals surface area contributed by atoms with Gasteiger partial charge in [0.15, 0.2) is 0 Å². The van der Waals surface area contributed by atoms with Gasteiger partial charge in [0.25, 0.3) is 5.91 Å². The van der Waals surface area contributed by atoms with Gasteiger partial charge in [0, 0.05) is 31.0 Å². The third kappa shape index (κ3) is 2.77. The van der Waals surface area contributed by atoms with Gasteiger partial charge in [0.1, 0.15) is 0 Å². The maximum Gasteiger partial charge on any atom is 0.312 e. The van der Waals surface area contributed by atoms with Crippen molar-refractivity contribution in [2.45, 2.75) is 19.4 Å². The molecule has 0 bridgehead atoms. The molecule has 1 aromatic heterocycles. The van der Waals surface area contributed by atoms with Gasteiger partial charge in [-0.1, -0.05) is 0 Å². The largest absolute Gasteiger partial charge is 0.352 e. The maximum absolute atomic E-state index is 12.1. The van der Waals surface area contributed by atoms with E-state index in [9.17, 15) is 9.59 Å². The van der Waals surface area contributed by atoms with Crippen molar-refractivity contribution in [3.8, 4) is 0 Å². The average molecular weight is 248 g/mol. The van der Waals surface area contributed by atoms with Crippen LogP contribution in [0.15, 0.2) is 18.3 Å². The number of rotatable bonds is 2. The standard InChI is InChI=1S/C12H16N4O2/c1-8-2-3-9(6-14-8)11(17)16-5-4-10(7-16)15-12(13)18/h2-3,6,10H,4-5,7H2,1H3,(H3,13,15,18)/t10-/m1/s1. The minimum atomic E-state index is -0.550. The van der Waals surface area contributed by atoms with Gasteiger partial charge < -0.3 is 16.0 Å². The van der Waals surface area contributed by atoms with Crippen LogP contribution < -0.4 is 11.1 Å². The number of urea groups is 1. The van der Waals surface area contributed by atoms with Crippen molar-refractivity contribution < 1.29 is 9.59 Å². The molecule has 0 unspecified atom stereocenters. The van der Waals surface area contributed by atoms with E-state index in [2.05, 4.69) is 10.3 Å². The summed E-state index contributed by atoms with van der Waals surface area (Å²) in [5.74, 6) is -0.0590. The topological polar surface area (TPSA) is 88.3 Å². The molecule has 3 N–H and O–H groups in total. The molecule has 2 heterocycles. The van der Waals surface area contributed by atoms with Gasteiger partial charge >= 0.3 is 6.03 Å². The van der Waals surface area contributed by atoms with E-state index in [0.717, 1.165) is 12.1 Å². The predicted molar refractivity (Wildman–Crippen MR) is 66.0 cm³/mol. The van der Waals surface area contributed by atoms with Gasteiger partial charge in [-0.3, -0.25) is 9.78 Å². The van der Waals surface area contributed by atoms with Crippen molar-refractivity contribution in [1.82, 2.24) is 15.2 Å². The lowest BCUT2D eigenvalue weighted by molar-refractivity contribution is 0.0789. The predicted octanol–water partition coefficient (Wildman–Crippen LogP) is 0.273. The summed E-state index contributed by atoms with van der Waals surface area (Å²) in [5, 5.41) is 2.62. The summed E-state index contributed by atoms with van der Waals surface area (Å²) in [6.07, 6.45) is 2.31. The summed E-state index contributed by atoms with van der Waals surface area (Å²) in [4.78, 5) is 28.7. The summed E-state index contributed by atoms with van der Waals surface area (Å²) in [6, 6.07) is 2.97. The molecule has 1 aliphatic heterocycles. The number of aromatic nitrogens is 1. The molecule has 1 aliphatic rings. The Labute approximate surface area is 105 Å². The molecule has 1 atom stereocenters. The van der Waals surface area contributed by atoms with Gasteiger partial charge in [0.2, 0.25) is 0 Å². The number of hydrogen-bond donors (Lipinski definition) is 2. The monoisotopic (exact) mass is 248 g/mol. The SMILES string of the molecule is Cc1ccc(C(=O)N2CC[C@@H](NC(N)=O)C2)cn1. The normalized spacial score (nSPS) is 18.7. The molecule has 0 aromatic carbocycles. The first kappa shape index (κ1) is 12.3. The Bertz CT molecular complexity index is 458. The second-order valence-electron chi connectivity index (χ2n) is 4.43. The number of carbonyl (C=O) groups excluding carboxylic acids is 2. The van der Waals surface area contributed by atoms with E-state index in [0.29, 0.717) is 18.7 Å². The van der Waals surface area contributed by atoms with Crippen LogP contribution in [0.3, 0.4) is 0 Å². The Balaban J connectivity index is 1.99. The molecule has 2 rings (SSSR count). The van der Waals surface area contributed by atoms with Gasteiger partial charge in [-0.05, 0) is 25.5 Å². The number of primary amides is 1. The lowest BCUT2D eigenvalue weighted by Gasteiger charge is -2.16. The summed E-state index contributed by atoms with van der Waals surface area (Å²) in [7, 11) is 0. The number of likely N-dealkylation sites (tertiary alicyclic amines) is 1. The van der Waals surface area contributed by atoms with E-state index in [1.165, 1.54) is 0 Å². The van der Waals surface area contributed by atoms with E-state index in [1.807, 2.05) is 13.0 Å². The second kappa shape index (κ2) is 5.03. The first-order valence-corrected chi connectivity index (χ1v) is 5.84. The molecule has 18 heavy (non-hydrogen) atoms. The van der Waals surface area contributed by atoms with E-state index >= 15 is 0 Å². The van der Waals surface area contributed by atoms with Crippen LogP contribution in [0.25, 0.3) is 0 Å². The lowest BCUT2D eigenvalue weighted by atomic mass is 10.2. The first-order chi connectivity index (χ1) is 8.56. The number of carbonyl (C=O) groups is 2. The second-order valence-corrected chi connectivity index (χ2v) is 4.43. The highest BCUT2D eigenvalue weighted by molar-refractivity contribution is 5.94. The zero-order valence-corrected chi connectivity index (χ0v) is 10.2. The number of aryl methyl sites for hydroxylation is 1. The van der Waals surface area contributed by atoms with Crippen LogP contribution in [0.4, 0.5) is 4.79 Å². The average Bonchev–Trinajstić information content (AvgIpc) is 2.76. The van der Waals surface area contributed by atoms with Crippen molar-refractivity contribution >= 4 is 11.9 Å². The minimum absolute atomic E-state index is 0.0511.